The minimum absolute atomic E-state index is 0.203. The van der Waals surface area contributed by atoms with E-state index in [4.69, 9.17) is 18.9 Å². The third-order valence-corrected chi connectivity index (χ3v) is 7.05. The second-order valence-electron chi connectivity index (χ2n) is 10.8. The highest BCUT2D eigenvalue weighted by atomic mass is 16.7. The number of rotatable bonds is 31. The summed E-state index contributed by atoms with van der Waals surface area (Å²) in [5.74, 6) is 1.46. The van der Waals surface area contributed by atoms with Gasteiger partial charge in [-0.05, 0) is 19.3 Å². The summed E-state index contributed by atoms with van der Waals surface area (Å²) in [6, 6.07) is 0. The maximum atomic E-state index is 6.30. The van der Waals surface area contributed by atoms with Crippen molar-refractivity contribution >= 4 is 0 Å². The van der Waals surface area contributed by atoms with E-state index >= 15 is 0 Å². The Hall–Kier alpha value is -0.900. The lowest BCUT2D eigenvalue weighted by Crippen LogP contribution is -2.09. The van der Waals surface area contributed by atoms with Crippen LogP contribution in [0.25, 0.3) is 0 Å². The Kier molecular flexibility index (Phi) is 30.6. The van der Waals surface area contributed by atoms with Crippen molar-refractivity contribution in [2.45, 2.75) is 175 Å². The standard InChI is InChI=1S/C33H66O4/c1-5-8-11-14-17-18-19-22-25-28-32(35-29-26-23-20-15-12-9-6-2)33(37-31-34-4)36-30-27-24-21-16-13-10-7-3/h5-31H2,1-4H3. The molecule has 0 aromatic heterocycles. The van der Waals surface area contributed by atoms with Crippen LogP contribution in [-0.2, 0) is 18.9 Å². The van der Waals surface area contributed by atoms with E-state index in [1.165, 1.54) is 128 Å². The van der Waals surface area contributed by atoms with E-state index in [2.05, 4.69) is 20.8 Å². The quantitative estimate of drug-likeness (QED) is 0.0511. The van der Waals surface area contributed by atoms with Gasteiger partial charge < -0.3 is 18.9 Å². The normalized spacial score (nSPS) is 12.0. The molecule has 0 spiro atoms. The van der Waals surface area contributed by atoms with Gasteiger partial charge in [-0.2, -0.15) is 0 Å². The van der Waals surface area contributed by atoms with Crippen molar-refractivity contribution in [1.29, 1.82) is 0 Å². The van der Waals surface area contributed by atoms with Gasteiger partial charge in [0.2, 0.25) is 0 Å². The molecule has 4 heteroatoms. The van der Waals surface area contributed by atoms with Crippen molar-refractivity contribution in [3.05, 3.63) is 11.7 Å². The van der Waals surface area contributed by atoms with Crippen LogP contribution in [0.15, 0.2) is 11.7 Å². The monoisotopic (exact) mass is 526 g/mol. The van der Waals surface area contributed by atoms with Gasteiger partial charge in [0, 0.05) is 13.5 Å². The summed E-state index contributed by atoms with van der Waals surface area (Å²) in [7, 11) is 1.66. The average Bonchev–Trinajstić information content (AvgIpc) is 2.91. The summed E-state index contributed by atoms with van der Waals surface area (Å²) in [6.45, 7) is 8.46. The highest BCUT2D eigenvalue weighted by Gasteiger charge is 2.13. The molecule has 0 atom stereocenters. The lowest BCUT2D eigenvalue weighted by atomic mass is 10.1. The molecule has 0 heterocycles. The van der Waals surface area contributed by atoms with Crippen LogP contribution in [0.2, 0.25) is 0 Å². The highest BCUT2D eigenvalue weighted by Crippen LogP contribution is 2.21. The topological polar surface area (TPSA) is 36.9 Å². The fraction of sp³-hybridized carbons (Fsp3) is 0.939. The van der Waals surface area contributed by atoms with E-state index in [0.717, 1.165) is 38.0 Å². The molecule has 0 amide bonds. The summed E-state index contributed by atoms with van der Waals surface area (Å²) in [4.78, 5) is 0. The largest absolute Gasteiger partial charge is 0.491 e. The average molecular weight is 527 g/mol. The van der Waals surface area contributed by atoms with Crippen molar-refractivity contribution in [2.75, 3.05) is 27.1 Å². The molecule has 0 rings (SSSR count). The van der Waals surface area contributed by atoms with Gasteiger partial charge >= 0.3 is 5.95 Å². The van der Waals surface area contributed by atoms with Crippen LogP contribution in [0.4, 0.5) is 0 Å². The van der Waals surface area contributed by atoms with Crippen LogP contribution in [0.3, 0.4) is 0 Å². The minimum atomic E-state index is 0.203. The third-order valence-electron chi connectivity index (χ3n) is 7.05. The van der Waals surface area contributed by atoms with Crippen molar-refractivity contribution in [3.63, 3.8) is 0 Å². The maximum Gasteiger partial charge on any atom is 0.321 e. The van der Waals surface area contributed by atoms with Gasteiger partial charge in [-0.1, -0.05) is 149 Å². The number of unbranched alkanes of at least 4 members (excludes halogenated alkanes) is 20. The van der Waals surface area contributed by atoms with Gasteiger partial charge in [-0.3, -0.25) is 0 Å². The molecule has 37 heavy (non-hydrogen) atoms. The van der Waals surface area contributed by atoms with Crippen LogP contribution in [0.1, 0.15) is 175 Å². The molecule has 0 bridgehead atoms. The summed E-state index contributed by atoms with van der Waals surface area (Å²) < 4.78 is 23.5. The number of ether oxygens (including phenoxy) is 4. The summed E-state index contributed by atoms with van der Waals surface area (Å²) >= 11 is 0. The molecule has 0 aliphatic rings. The van der Waals surface area contributed by atoms with Crippen molar-refractivity contribution < 1.29 is 18.9 Å². The Bertz CT molecular complexity index is 463. The number of hydrogen-bond acceptors (Lipinski definition) is 4. The Balaban J connectivity index is 4.59. The summed E-state index contributed by atoms with van der Waals surface area (Å²) in [5.41, 5.74) is 0. The molecule has 4 nitrogen and oxygen atoms in total. The van der Waals surface area contributed by atoms with Crippen molar-refractivity contribution in [1.82, 2.24) is 0 Å². The molecule has 0 aliphatic heterocycles. The van der Waals surface area contributed by atoms with E-state index < -0.39 is 0 Å². The molecule has 0 aliphatic carbocycles. The van der Waals surface area contributed by atoms with E-state index in [1.807, 2.05) is 0 Å². The fourth-order valence-corrected chi connectivity index (χ4v) is 4.62. The molecule has 222 valence electrons. The Morgan fingerprint density at radius 3 is 1.22 bits per heavy atom. The predicted molar refractivity (Wildman–Crippen MR) is 160 cm³/mol. The molecule has 0 unspecified atom stereocenters. The number of methoxy groups -OCH3 is 1. The number of hydrogen-bond donors (Lipinski definition) is 0. The van der Waals surface area contributed by atoms with Gasteiger partial charge in [-0.25, -0.2) is 0 Å². The van der Waals surface area contributed by atoms with Gasteiger partial charge in [0.1, 0.15) is 0 Å². The maximum absolute atomic E-state index is 6.30. The van der Waals surface area contributed by atoms with Crippen molar-refractivity contribution in [3.8, 4) is 0 Å². The molecule has 0 saturated carbocycles. The van der Waals surface area contributed by atoms with E-state index in [1.54, 1.807) is 7.11 Å². The summed E-state index contributed by atoms with van der Waals surface area (Å²) in [5, 5.41) is 0. The Labute approximate surface area is 232 Å². The van der Waals surface area contributed by atoms with E-state index in [0.29, 0.717) is 12.6 Å². The van der Waals surface area contributed by atoms with Gasteiger partial charge in [0.25, 0.3) is 0 Å². The predicted octanol–water partition coefficient (Wildman–Crippen LogP) is 11.2. The minimum Gasteiger partial charge on any atom is -0.491 e. The second-order valence-corrected chi connectivity index (χ2v) is 10.8. The zero-order chi connectivity index (χ0) is 27.1. The molecular formula is C33H66O4. The van der Waals surface area contributed by atoms with Gasteiger partial charge in [-0.15, -0.1) is 0 Å². The zero-order valence-electron chi connectivity index (χ0n) is 25.7. The molecule has 0 N–H and O–H groups in total. The molecule has 0 aromatic carbocycles. The molecule has 0 fully saturated rings. The third kappa shape index (κ3) is 26.5. The molecule has 0 aromatic rings. The van der Waals surface area contributed by atoms with Crippen LogP contribution in [0.5, 0.6) is 0 Å². The molecule has 0 radical (unpaired) electrons. The first-order valence-electron chi connectivity index (χ1n) is 16.4. The number of allylic oxidation sites excluding steroid dienone is 1. The van der Waals surface area contributed by atoms with Crippen molar-refractivity contribution in [2.24, 2.45) is 0 Å². The first-order valence-corrected chi connectivity index (χ1v) is 16.4. The molecular weight excluding hydrogens is 460 g/mol. The van der Waals surface area contributed by atoms with Crippen LogP contribution < -0.4 is 0 Å². The Morgan fingerprint density at radius 2 is 0.784 bits per heavy atom. The van der Waals surface area contributed by atoms with Gasteiger partial charge in [0.05, 0.1) is 13.2 Å². The first-order chi connectivity index (χ1) is 18.3. The Morgan fingerprint density at radius 1 is 0.405 bits per heavy atom. The molecule has 0 saturated heterocycles. The summed E-state index contributed by atoms with van der Waals surface area (Å²) in [6.07, 6.45) is 30.7. The zero-order valence-corrected chi connectivity index (χ0v) is 25.7. The highest BCUT2D eigenvalue weighted by molar-refractivity contribution is 4.95. The van der Waals surface area contributed by atoms with Crippen LogP contribution >= 0.6 is 0 Å². The van der Waals surface area contributed by atoms with E-state index in [-0.39, 0.29) is 6.79 Å². The van der Waals surface area contributed by atoms with E-state index in [9.17, 15) is 0 Å². The van der Waals surface area contributed by atoms with Crippen LogP contribution in [0, 0.1) is 0 Å². The lowest BCUT2D eigenvalue weighted by molar-refractivity contribution is -0.0692. The first kappa shape index (κ1) is 36.1. The van der Waals surface area contributed by atoms with Gasteiger partial charge in [0.15, 0.2) is 12.6 Å². The fourth-order valence-electron chi connectivity index (χ4n) is 4.62. The smallest absolute Gasteiger partial charge is 0.321 e. The van der Waals surface area contributed by atoms with Crippen LogP contribution in [-0.4, -0.2) is 27.1 Å². The lowest BCUT2D eigenvalue weighted by Gasteiger charge is -2.17. The second kappa shape index (κ2) is 31.3. The SMILES string of the molecule is CCCCCCCCCCCC(OCCCCCCCCC)=C(OCCCCCCCCC)OCOC.